The number of nitrogens with one attached hydrogen (secondary N) is 1. The summed E-state index contributed by atoms with van der Waals surface area (Å²) in [7, 11) is 0. The number of esters is 1. The zero-order valence-electron chi connectivity index (χ0n) is 15.1. The Morgan fingerprint density at radius 3 is 2.71 bits per heavy atom. The standard InChI is InChI=1S/C21H17N3O4/c1-13-21(14-6-2-3-7-15(14)23-13)18(25)12-28-20(27)11-24-17-9-5-4-8-16(17)22-10-19(24)26/h2-10,23H,11-12H2,1H3. The summed E-state index contributed by atoms with van der Waals surface area (Å²) in [6.07, 6.45) is 1.16. The number of aryl methyl sites for hydroxylation is 1. The number of nitrogens with zero attached hydrogens (tertiary/aromatic N) is 2. The Morgan fingerprint density at radius 2 is 1.86 bits per heavy atom. The number of hydrogen-bond acceptors (Lipinski definition) is 5. The number of ether oxygens (including phenoxy) is 1. The number of aromatic nitrogens is 3. The van der Waals surface area contributed by atoms with Gasteiger partial charge in [0.2, 0.25) is 5.78 Å². The van der Waals surface area contributed by atoms with Crippen LogP contribution in [0, 0.1) is 6.92 Å². The molecule has 0 aliphatic rings. The van der Waals surface area contributed by atoms with Gasteiger partial charge in [-0.05, 0) is 25.1 Å². The molecular formula is C21H17N3O4. The number of fused-ring (bicyclic) bond motifs is 2. The number of para-hydroxylation sites is 3. The zero-order chi connectivity index (χ0) is 19.7. The molecule has 7 nitrogen and oxygen atoms in total. The van der Waals surface area contributed by atoms with Crippen LogP contribution in [0.1, 0.15) is 16.1 Å². The van der Waals surface area contributed by atoms with Gasteiger partial charge in [-0.1, -0.05) is 30.3 Å². The summed E-state index contributed by atoms with van der Waals surface area (Å²) in [5.74, 6) is -0.959. The van der Waals surface area contributed by atoms with Crippen LogP contribution in [-0.4, -0.2) is 32.9 Å². The zero-order valence-corrected chi connectivity index (χ0v) is 15.1. The number of hydrogen-bond donors (Lipinski definition) is 1. The van der Waals surface area contributed by atoms with E-state index in [4.69, 9.17) is 4.74 Å². The number of Topliss-reactive ketones (excluding diaryl/α,β-unsaturated/α-hetero) is 1. The second-order valence-electron chi connectivity index (χ2n) is 6.43. The van der Waals surface area contributed by atoms with Crippen molar-refractivity contribution in [2.24, 2.45) is 0 Å². The van der Waals surface area contributed by atoms with E-state index in [0.717, 1.165) is 22.8 Å². The summed E-state index contributed by atoms with van der Waals surface area (Å²) in [6, 6.07) is 14.5. The molecule has 0 spiro atoms. The van der Waals surface area contributed by atoms with E-state index in [0.29, 0.717) is 16.6 Å². The number of ketones is 1. The van der Waals surface area contributed by atoms with Gasteiger partial charge in [-0.15, -0.1) is 0 Å². The van der Waals surface area contributed by atoms with E-state index in [1.165, 1.54) is 4.57 Å². The summed E-state index contributed by atoms with van der Waals surface area (Å²) in [5, 5.41) is 0.789. The Kier molecular flexibility index (Phi) is 4.49. The van der Waals surface area contributed by atoms with Crippen LogP contribution in [0.3, 0.4) is 0 Å². The second-order valence-corrected chi connectivity index (χ2v) is 6.43. The van der Waals surface area contributed by atoms with Crippen molar-refractivity contribution in [3.63, 3.8) is 0 Å². The summed E-state index contributed by atoms with van der Waals surface area (Å²) in [6.45, 7) is 1.12. The fourth-order valence-electron chi connectivity index (χ4n) is 3.31. The highest BCUT2D eigenvalue weighted by Crippen LogP contribution is 2.22. The van der Waals surface area contributed by atoms with E-state index in [2.05, 4.69) is 9.97 Å². The van der Waals surface area contributed by atoms with Gasteiger partial charge in [0.15, 0.2) is 6.61 Å². The molecule has 0 unspecified atom stereocenters. The molecule has 28 heavy (non-hydrogen) atoms. The molecule has 2 aromatic heterocycles. The van der Waals surface area contributed by atoms with Crippen LogP contribution in [0.2, 0.25) is 0 Å². The lowest BCUT2D eigenvalue weighted by atomic mass is 10.1. The molecular weight excluding hydrogens is 358 g/mol. The lowest BCUT2D eigenvalue weighted by molar-refractivity contribution is -0.143. The number of H-pyrrole nitrogens is 1. The SMILES string of the molecule is Cc1[nH]c2ccccc2c1C(=O)COC(=O)Cn1c(=O)cnc2ccccc21. The molecule has 140 valence electrons. The average molecular weight is 375 g/mol. The lowest BCUT2D eigenvalue weighted by Crippen LogP contribution is -2.27. The van der Waals surface area contributed by atoms with E-state index in [-0.39, 0.29) is 18.9 Å². The summed E-state index contributed by atoms with van der Waals surface area (Å²) in [5.41, 5.74) is 2.80. The van der Waals surface area contributed by atoms with E-state index in [1.807, 2.05) is 24.3 Å². The van der Waals surface area contributed by atoms with Gasteiger partial charge in [0.1, 0.15) is 6.54 Å². The molecule has 4 aromatic rings. The van der Waals surface area contributed by atoms with Crippen LogP contribution in [0.5, 0.6) is 0 Å². The van der Waals surface area contributed by atoms with Crippen LogP contribution in [0.25, 0.3) is 21.9 Å². The van der Waals surface area contributed by atoms with Crippen molar-refractivity contribution in [3.8, 4) is 0 Å². The second kappa shape index (κ2) is 7.11. The van der Waals surface area contributed by atoms with Gasteiger partial charge in [-0.25, -0.2) is 4.98 Å². The van der Waals surface area contributed by atoms with Crippen LogP contribution < -0.4 is 5.56 Å². The highest BCUT2D eigenvalue weighted by molar-refractivity contribution is 6.10. The van der Waals surface area contributed by atoms with Crippen molar-refractivity contribution in [2.45, 2.75) is 13.5 Å². The molecule has 1 N–H and O–H groups in total. The van der Waals surface area contributed by atoms with Gasteiger partial charge < -0.3 is 9.72 Å². The van der Waals surface area contributed by atoms with Gasteiger partial charge in [-0.3, -0.25) is 19.0 Å². The van der Waals surface area contributed by atoms with Gasteiger partial charge >= 0.3 is 5.97 Å². The van der Waals surface area contributed by atoms with Crippen molar-refractivity contribution < 1.29 is 14.3 Å². The molecule has 0 bridgehead atoms. The number of rotatable bonds is 5. The minimum Gasteiger partial charge on any atom is -0.456 e. The Bertz CT molecular complexity index is 1270. The van der Waals surface area contributed by atoms with Crippen LogP contribution in [0.4, 0.5) is 0 Å². The topological polar surface area (TPSA) is 94.0 Å². The normalized spacial score (nSPS) is 11.0. The maximum Gasteiger partial charge on any atom is 0.326 e. The summed E-state index contributed by atoms with van der Waals surface area (Å²) < 4.78 is 6.44. The summed E-state index contributed by atoms with van der Waals surface area (Å²) in [4.78, 5) is 44.2. The Hall–Kier alpha value is -3.74. The van der Waals surface area contributed by atoms with Gasteiger partial charge in [0, 0.05) is 22.2 Å². The quantitative estimate of drug-likeness (QED) is 0.427. The first kappa shape index (κ1) is 17.7. The van der Waals surface area contributed by atoms with E-state index in [9.17, 15) is 14.4 Å². The van der Waals surface area contributed by atoms with Gasteiger partial charge in [0.25, 0.3) is 5.56 Å². The maximum atomic E-state index is 12.6. The van der Waals surface area contributed by atoms with Crippen molar-refractivity contribution in [1.29, 1.82) is 0 Å². The highest BCUT2D eigenvalue weighted by atomic mass is 16.5. The first-order chi connectivity index (χ1) is 13.5. The lowest BCUT2D eigenvalue weighted by Gasteiger charge is -2.09. The fraction of sp³-hybridized carbons (Fsp3) is 0.143. The fourth-order valence-corrected chi connectivity index (χ4v) is 3.31. The summed E-state index contributed by atoms with van der Waals surface area (Å²) >= 11 is 0. The molecule has 7 heteroatoms. The largest absolute Gasteiger partial charge is 0.456 e. The van der Waals surface area contributed by atoms with E-state index in [1.54, 1.807) is 31.2 Å². The smallest absolute Gasteiger partial charge is 0.326 e. The van der Waals surface area contributed by atoms with Crippen molar-refractivity contribution in [3.05, 3.63) is 76.3 Å². The molecule has 0 aliphatic heterocycles. The predicted octanol–water partition coefficient (Wildman–Crippen LogP) is 2.61. The van der Waals surface area contributed by atoms with Crippen molar-refractivity contribution in [2.75, 3.05) is 6.61 Å². The molecule has 0 fully saturated rings. The van der Waals surface area contributed by atoms with Crippen LogP contribution >= 0.6 is 0 Å². The van der Waals surface area contributed by atoms with Crippen LogP contribution in [-0.2, 0) is 16.1 Å². The maximum absolute atomic E-state index is 12.6. The molecule has 0 saturated heterocycles. The molecule has 2 heterocycles. The molecule has 0 atom stereocenters. The third kappa shape index (κ3) is 3.18. The van der Waals surface area contributed by atoms with Crippen LogP contribution in [0.15, 0.2) is 59.5 Å². The molecule has 0 amide bonds. The number of benzene rings is 2. The Morgan fingerprint density at radius 1 is 1.11 bits per heavy atom. The molecule has 0 radical (unpaired) electrons. The molecule has 0 aliphatic carbocycles. The van der Waals surface area contributed by atoms with Crippen molar-refractivity contribution in [1.82, 2.24) is 14.5 Å². The number of carbonyl (C=O) groups is 2. The molecule has 0 saturated carbocycles. The third-order valence-corrected chi connectivity index (χ3v) is 4.58. The highest BCUT2D eigenvalue weighted by Gasteiger charge is 2.18. The predicted molar refractivity (Wildman–Crippen MR) is 104 cm³/mol. The van der Waals surface area contributed by atoms with Gasteiger partial charge in [-0.2, -0.15) is 0 Å². The van der Waals surface area contributed by atoms with Crippen molar-refractivity contribution >= 4 is 33.7 Å². The number of aromatic amines is 1. The first-order valence-corrected chi connectivity index (χ1v) is 8.75. The Balaban J connectivity index is 1.51. The first-order valence-electron chi connectivity index (χ1n) is 8.75. The molecule has 2 aromatic carbocycles. The third-order valence-electron chi connectivity index (χ3n) is 4.58. The Labute approximate surface area is 159 Å². The number of carbonyl (C=O) groups excluding carboxylic acids is 2. The minimum absolute atomic E-state index is 0.290. The molecule has 4 rings (SSSR count). The van der Waals surface area contributed by atoms with E-state index < -0.39 is 11.5 Å². The van der Waals surface area contributed by atoms with Gasteiger partial charge in [0.05, 0.1) is 17.2 Å². The van der Waals surface area contributed by atoms with E-state index >= 15 is 0 Å². The monoisotopic (exact) mass is 375 g/mol. The average Bonchev–Trinajstić information content (AvgIpc) is 3.04. The minimum atomic E-state index is -0.663.